The molecule has 0 saturated carbocycles. The number of rotatable bonds is 1. The topological polar surface area (TPSA) is 37.3 Å². The van der Waals surface area contributed by atoms with Gasteiger partial charge in [0.25, 0.3) is 0 Å². The molecule has 0 aliphatic heterocycles. The van der Waals surface area contributed by atoms with Crippen molar-refractivity contribution in [3.8, 4) is 28.0 Å². The number of phenols is 1. The van der Waals surface area contributed by atoms with E-state index in [1.165, 1.54) is 0 Å². The fourth-order valence-corrected chi connectivity index (χ4v) is 3.12. The van der Waals surface area contributed by atoms with Gasteiger partial charge in [-0.1, -0.05) is 48.0 Å². The fraction of sp³-hybridized carbons (Fsp3) is 0.0500. The van der Waals surface area contributed by atoms with Crippen LogP contribution in [0.25, 0.3) is 22.3 Å². The van der Waals surface area contributed by atoms with E-state index in [0.29, 0.717) is 0 Å². The summed E-state index contributed by atoms with van der Waals surface area (Å²) in [6.07, 6.45) is 0. The molecule has 1 aliphatic carbocycles. The van der Waals surface area contributed by atoms with Crippen molar-refractivity contribution in [2.45, 2.75) is 6.92 Å². The summed E-state index contributed by atoms with van der Waals surface area (Å²) in [7, 11) is 0. The van der Waals surface area contributed by atoms with E-state index in [-0.39, 0.29) is 11.5 Å². The number of aryl methyl sites for hydroxylation is 1. The second kappa shape index (κ2) is 4.57. The highest BCUT2D eigenvalue weighted by Gasteiger charge is 2.29. The maximum absolute atomic E-state index is 12.9. The van der Waals surface area contributed by atoms with Crippen molar-refractivity contribution in [3.63, 3.8) is 0 Å². The van der Waals surface area contributed by atoms with Crippen LogP contribution in [0.1, 0.15) is 21.5 Å². The van der Waals surface area contributed by atoms with Gasteiger partial charge in [-0.25, -0.2) is 0 Å². The number of benzene rings is 3. The molecule has 4 rings (SSSR count). The molecule has 0 radical (unpaired) electrons. The Labute approximate surface area is 128 Å². The molecule has 1 N–H and O–H groups in total. The van der Waals surface area contributed by atoms with E-state index >= 15 is 0 Å². The molecule has 22 heavy (non-hydrogen) atoms. The number of fused-ring (bicyclic) bond motifs is 3. The zero-order valence-corrected chi connectivity index (χ0v) is 12.1. The van der Waals surface area contributed by atoms with E-state index in [0.717, 1.165) is 38.9 Å². The Balaban J connectivity index is 1.97. The maximum Gasteiger partial charge on any atom is 0.194 e. The Bertz CT molecular complexity index is 905. The number of carbonyl (C=O) groups excluding carboxylic acids is 1. The van der Waals surface area contributed by atoms with Crippen molar-refractivity contribution in [3.05, 3.63) is 77.4 Å². The lowest BCUT2D eigenvalue weighted by molar-refractivity contribution is 0.104. The second-order valence-electron chi connectivity index (χ2n) is 5.65. The zero-order chi connectivity index (χ0) is 15.3. The number of phenolic OH excluding ortho intramolecular Hbond substituents is 1. The molecule has 0 unspecified atom stereocenters. The third-order valence-electron chi connectivity index (χ3n) is 4.18. The van der Waals surface area contributed by atoms with Crippen LogP contribution in [-0.2, 0) is 0 Å². The van der Waals surface area contributed by atoms with Gasteiger partial charge in [-0.15, -0.1) is 0 Å². The molecular weight excluding hydrogens is 272 g/mol. The first kappa shape index (κ1) is 12.8. The van der Waals surface area contributed by atoms with Crippen LogP contribution in [0.15, 0.2) is 60.7 Å². The second-order valence-corrected chi connectivity index (χ2v) is 5.65. The smallest absolute Gasteiger partial charge is 0.194 e. The predicted octanol–water partition coefficient (Wildman–Crippen LogP) is 4.58. The van der Waals surface area contributed by atoms with Gasteiger partial charge in [0, 0.05) is 11.1 Å². The van der Waals surface area contributed by atoms with Gasteiger partial charge in [-0.2, -0.15) is 0 Å². The van der Waals surface area contributed by atoms with Crippen LogP contribution in [0.3, 0.4) is 0 Å². The van der Waals surface area contributed by atoms with Crippen LogP contribution in [0.2, 0.25) is 0 Å². The molecule has 3 aromatic carbocycles. The summed E-state index contributed by atoms with van der Waals surface area (Å²) in [6.45, 7) is 2.00. The van der Waals surface area contributed by atoms with Gasteiger partial charge in [-0.3, -0.25) is 4.79 Å². The first-order valence-electron chi connectivity index (χ1n) is 7.23. The molecule has 2 heteroatoms. The normalized spacial score (nSPS) is 12.1. The van der Waals surface area contributed by atoms with Crippen molar-refractivity contribution < 1.29 is 9.90 Å². The SMILES string of the molecule is Cc1ccc2c(c1)C(=O)c1c(-c3ccc(O)cc3)cccc1-2. The zero-order valence-electron chi connectivity index (χ0n) is 12.1. The summed E-state index contributed by atoms with van der Waals surface area (Å²) in [5.41, 5.74) is 6.47. The molecule has 0 fully saturated rings. The molecule has 0 aromatic heterocycles. The maximum atomic E-state index is 12.9. The van der Waals surface area contributed by atoms with Gasteiger partial charge in [0.1, 0.15) is 5.75 Å². The summed E-state index contributed by atoms with van der Waals surface area (Å²) < 4.78 is 0. The highest BCUT2D eigenvalue weighted by Crippen LogP contribution is 2.41. The third kappa shape index (κ3) is 1.77. The van der Waals surface area contributed by atoms with E-state index in [9.17, 15) is 9.90 Å². The van der Waals surface area contributed by atoms with E-state index in [4.69, 9.17) is 0 Å². The summed E-state index contributed by atoms with van der Waals surface area (Å²) in [4.78, 5) is 12.9. The van der Waals surface area contributed by atoms with Crippen LogP contribution < -0.4 is 0 Å². The molecule has 0 saturated heterocycles. The molecule has 1 aliphatic rings. The van der Waals surface area contributed by atoms with Gasteiger partial charge in [-0.05, 0) is 47.4 Å². The average Bonchev–Trinajstić information content (AvgIpc) is 2.81. The Hall–Kier alpha value is -2.87. The standard InChI is InChI=1S/C20H14O2/c1-12-5-10-16-17-4-2-3-15(13-6-8-14(21)9-7-13)19(17)20(22)18(16)11-12/h2-11,21H,1H3. The van der Waals surface area contributed by atoms with Gasteiger partial charge in [0.05, 0.1) is 0 Å². The lowest BCUT2D eigenvalue weighted by atomic mass is 9.95. The number of ketones is 1. The first-order chi connectivity index (χ1) is 10.6. The molecule has 0 amide bonds. The molecule has 106 valence electrons. The van der Waals surface area contributed by atoms with E-state index in [1.807, 2.05) is 55.5 Å². The van der Waals surface area contributed by atoms with Gasteiger partial charge >= 0.3 is 0 Å². The van der Waals surface area contributed by atoms with Crippen molar-refractivity contribution in [1.29, 1.82) is 0 Å². The number of hydrogen-bond donors (Lipinski definition) is 1. The van der Waals surface area contributed by atoms with Gasteiger partial charge in [0.15, 0.2) is 5.78 Å². The van der Waals surface area contributed by atoms with Crippen molar-refractivity contribution in [1.82, 2.24) is 0 Å². The van der Waals surface area contributed by atoms with E-state index < -0.39 is 0 Å². The minimum Gasteiger partial charge on any atom is -0.508 e. The van der Waals surface area contributed by atoms with Crippen LogP contribution in [0.4, 0.5) is 0 Å². The minimum atomic E-state index is 0.0809. The first-order valence-corrected chi connectivity index (χ1v) is 7.23. The number of aromatic hydroxyl groups is 1. The molecule has 0 atom stereocenters. The van der Waals surface area contributed by atoms with E-state index in [2.05, 4.69) is 0 Å². The fourth-order valence-electron chi connectivity index (χ4n) is 3.12. The summed E-state index contributed by atoms with van der Waals surface area (Å²) >= 11 is 0. The Morgan fingerprint density at radius 1 is 0.773 bits per heavy atom. The molecule has 0 heterocycles. The summed E-state index contributed by atoms with van der Waals surface area (Å²) in [5.74, 6) is 0.305. The van der Waals surface area contributed by atoms with Gasteiger partial charge < -0.3 is 5.11 Å². The molecule has 2 nitrogen and oxygen atoms in total. The highest BCUT2D eigenvalue weighted by atomic mass is 16.3. The molecule has 0 bridgehead atoms. The monoisotopic (exact) mass is 286 g/mol. The lowest BCUT2D eigenvalue weighted by Gasteiger charge is -2.08. The lowest BCUT2D eigenvalue weighted by Crippen LogP contribution is -1.98. The van der Waals surface area contributed by atoms with Crippen molar-refractivity contribution >= 4 is 5.78 Å². The van der Waals surface area contributed by atoms with Crippen LogP contribution in [0, 0.1) is 6.92 Å². The Morgan fingerprint density at radius 2 is 1.50 bits per heavy atom. The highest BCUT2D eigenvalue weighted by molar-refractivity contribution is 6.24. The van der Waals surface area contributed by atoms with Crippen LogP contribution >= 0.6 is 0 Å². The molecule has 0 spiro atoms. The van der Waals surface area contributed by atoms with Crippen molar-refractivity contribution in [2.24, 2.45) is 0 Å². The van der Waals surface area contributed by atoms with E-state index in [1.54, 1.807) is 12.1 Å². The largest absolute Gasteiger partial charge is 0.508 e. The number of hydrogen-bond acceptors (Lipinski definition) is 2. The van der Waals surface area contributed by atoms with Crippen molar-refractivity contribution in [2.75, 3.05) is 0 Å². The quantitative estimate of drug-likeness (QED) is 0.556. The number of carbonyl (C=O) groups is 1. The molecule has 3 aromatic rings. The van der Waals surface area contributed by atoms with Crippen LogP contribution in [0.5, 0.6) is 5.75 Å². The molecular formula is C20H14O2. The average molecular weight is 286 g/mol. The Kier molecular flexibility index (Phi) is 2.67. The minimum absolute atomic E-state index is 0.0809. The Morgan fingerprint density at radius 3 is 2.27 bits per heavy atom. The van der Waals surface area contributed by atoms with Crippen LogP contribution in [-0.4, -0.2) is 10.9 Å². The summed E-state index contributed by atoms with van der Waals surface area (Å²) in [6, 6.07) is 18.9. The summed E-state index contributed by atoms with van der Waals surface area (Å²) in [5, 5.41) is 9.45. The predicted molar refractivity (Wildman–Crippen MR) is 87.1 cm³/mol. The third-order valence-corrected chi connectivity index (χ3v) is 4.18. The van der Waals surface area contributed by atoms with Gasteiger partial charge in [0.2, 0.25) is 0 Å².